The molecule has 0 bridgehead atoms. The quantitative estimate of drug-likeness (QED) is 0.0661. The molecular weight excluding hydrogens is 1200 g/mol. The lowest BCUT2D eigenvalue weighted by molar-refractivity contribution is -0.900. The topological polar surface area (TPSA) is 57.0 Å². The summed E-state index contributed by atoms with van der Waals surface area (Å²) in [5.41, 5.74) is 1.26. The maximum Gasteiger partial charge on any atom is 0.340 e. The van der Waals surface area contributed by atoms with Gasteiger partial charge in [0.1, 0.15) is 26.3 Å². The van der Waals surface area contributed by atoms with E-state index in [2.05, 4.69) is 149 Å². The van der Waals surface area contributed by atoms with Gasteiger partial charge in [0.05, 0.1) is 17.7 Å². The Balaban J connectivity index is 1.86. The highest BCUT2D eigenvalue weighted by atomic mass is 127. The Morgan fingerprint density at radius 2 is 1.17 bits per heavy atom. The molecule has 0 saturated carbocycles. The summed E-state index contributed by atoms with van der Waals surface area (Å²) in [5.74, 6) is -0.553. The lowest BCUT2D eigenvalue weighted by Gasteiger charge is -2.20. The van der Waals surface area contributed by atoms with Crippen molar-refractivity contribution in [3.05, 3.63) is 56.8 Å². The molecule has 0 heterocycles. The fraction of sp³-hybridized carbons (Fsp3) is 0.533. The van der Waals surface area contributed by atoms with E-state index < -0.39 is 0 Å². The fourth-order valence-corrected chi connectivity index (χ4v) is 9.08. The molecule has 11 heteroatoms. The molecule has 0 spiro atoms. The molecule has 0 aliphatic carbocycles. The molecule has 2 rings (SSSR count). The Kier molecular flexibility index (Phi) is 21.1. The summed E-state index contributed by atoms with van der Waals surface area (Å²) in [7, 11) is 0. The van der Waals surface area contributed by atoms with E-state index in [-0.39, 0.29) is 11.9 Å². The predicted molar refractivity (Wildman–Crippen MR) is 217 cm³/mol. The maximum absolute atomic E-state index is 12.9. The van der Waals surface area contributed by atoms with Crippen LogP contribution >= 0.6 is 136 Å². The molecule has 0 saturated heterocycles. The Bertz CT molecular complexity index is 1130. The minimum absolute atomic E-state index is 0.273. The third kappa shape index (κ3) is 14.8. The molecule has 0 fully saturated rings. The van der Waals surface area contributed by atoms with E-state index in [0.29, 0.717) is 37.4 Å². The first-order valence-electron chi connectivity index (χ1n) is 14.1. The summed E-state index contributed by atoms with van der Waals surface area (Å²) in [5, 5.41) is 0. The Labute approximate surface area is 327 Å². The Hall–Kier alpha value is 1.72. The van der Waals surface area contributed by atoms with E-state index in [1.807, 2.05) is 18.2 Å². The number of quaternary nitrogens is 1. The van der Waals surface area contributed by atoms with Gasteiger partial charge in [0, 0.05) is 21.4 Å². The van der Waals surface area contributed by atoms with E-state index in [0.717, 1.165) is 34.4 Å². The van der Waals surface area contributed by atoms with Crippen LogP contribution in [0.5, 0.6) is 0 Å². The van der Waals surface area contributed by atoms with Crippen molar-refractivity contribution in [1.29, 1.82) is 0 Å². The first kappa shape index (κ1) is 38.9. The molecule has 41 heavy (non-hydrogen) atoms. The number of unbranched alkanes of at least 4 members (excludes halogenated alkanes) is 9. The van der Waals surface area contributed by atoms with Crippen molar-refractivity contribution in [2.45, 2.75) is 71.1 Å². The summed E-state index contributed by atoms with van der Waals surface area (Å²) in [6.07, 6.45) is 13.0. The van der Waals surface area contributed by atoms with Crippen LogP contribution in [0.25, 0.3) is 0 Å². The van der Waals surface area contributed by atoms with E-state index >= 15 is 0 Å². The van der Waals surface area contributed by atoms with Crippen LogP contribution in [0.1, 0.15) is 91.8 Å². The monoisotopic (exact) mass is 1240 g/mol. The van der Waals surface area contributed by atoms with Crippen molar-refractivity contribution in [3.8, 4) is 0 Å². The number of benzene rings is 2. The summed E-state index contributed by atoms with van der Waals surface area (Å²) in [4.78, 5) is 27.0. The van der Waals surface area contributed by atoms with Gasteiger partial charge >= 0.3 is 11.9 Å². The number of rotatable bonds is 19. The highest BCUT2D eigenvalue weighted by molar-refractivity contribution is 14.1. The molecule has 1 unspecified atom stereocenters. The number of nitrogens with one attached hydrogen (secondary N) is 1. The molecule has 2 aromatic carbocycles. The minimum atomic E-state index is -0.279. The first-order valence-corrected chi connectivity index (χ1v) is 20.6. The van der Waals surface area contributed by atoms with Gasteiger partial charge in [0.25, 0.3) is 0 Å². The first-order chi connectivity index (χ1) is 19.6. The molecule has 0 amide bonds. The van der Waals surface area contributed by atoms with Gasteiger partial charge in [-0.2, -0.15) is 0 Å². The zero-order valence-corrected chi connectivity index (χ0v) is 36.3. The van der Waals surface area contributed by atoms with Crippen LogP contribution < -0.4 is 4.90 Å². The molecule has 5 nitrogen and oxygen atoms in total. The third-order valence-corrected chi connectivity index (χ3v) is 14.3. The van der Waals surface area contributed by atoms with Crippen LogP contribution in [0.4, 0.5) is 0 Å². The van der Waals surface area contributed by atoms with Crippen LogP contribution in [-0.4, -0.2) is 44.8 Å². The Morgan fingerprint density at radius 1 is 0.634 bits per heavy atom. The number of ether oxygens (including phenoxy) is 2. The highest BCUT2D eigenvalue weighted by Crippen LogP contribution is 2.25. The Morgan fingerprint density at radius 3 is 1.78 bits per heavy atom. The molecule has 0 aliphatic rings. The number of carbonyl (C=O) groups excluding carboxylic acids is 2. The minimum Gasteiger partial charge on any atom is -0.456 e. The smallest absolute Gasteiger partial charge is 0.340 e. The number of halogens is 6. The molecule has 0 aliphatic heterocycles. The lowest BCUT2D eigenvalue weighted by atomic mass is 10.1. The van der Waals surface area contributed by atoms with Crippen molar-refractivity contribution < 1.29 is 24.0 Å². The van der Waals surface area contributed by atoms with Crippen molar-refractivity contribution >= 4 is 147 Å². The summed E-state index contributed by atoms with van der Waals surface area (Å²) < 4.78 is 17.3. The summed E-state index contributed by atoms with van der Waals surface area (Å²) in [6.45, 7) is 5.29. The molecule has 0 radical (unpaired) electrons. The van der Waals surface area contributed by atoms with Crippen molar-refractivity contribution in [2.24, 2.45) is 0 Å². The largest absolute Gasteiger partial charge is 0.456 e. The fourth-order valence-electron chi connectivity index (χ4n) is 4.38. The van der Waals surface area contributed by atoms with E-state index in [1.54, 1.807) is 0 Å². The van der Waals surface area contributed by atoms with Crippen LogP contribution in [0, 0.1) is 21.4 Å². The van der Waals surface area contributed by atoms with Crippen molar-refractivity contribution in [1.82, 2.24) is 0 Å². The van der Waals surface area contributed by atoms with E-state index in [9.17, 15) is 9.59 Å². The molecule has 1 N–H and O–H groups in total. The van der Waals surface area contributed by atoms with Crippen LogP contribution in [-0.2, 0) is 9.47 Å². The van der Waals surface area contributed by atoms with Gasteiger partial charge in [-0.15, -0.1) is 0 Å². The normalized spacial score (nSPS) is 11.9. The summed E-state index contributed by atoms with van der Waals surface area (Å²) >= 11 is 13.4. The SMILES string of the molecule is CCCCCCCCCCCC[NH+](CCOC(=O)c1cc(I)cc(I)c1I)CCOC(=O)c1c(I)ccc(I)c1I. The highest BCUT2D eigenvalue weighted by Gasteiger charge is 2.20. The zero-order chi connectivity index (χ0) is 30.2. The van der Waals surface area contributed by atoms with Gasteiger partial charge in [-0.3, -0.25) is 0 Å². The van der Waals surface area contributed by atoms with Crippen LogP contribution in [0.3, 0.4) is 0 Å². The number of hydrogen-bond donors (Lipinski definition) is 1. The van der Waals surface area contributed by atoms with Gasteiger partial charge in [0.15, 0.2) is 0 Å². The van der Waals surface area contributed by atoms with Crippen LogP contribution in [0.2, 0.25) is 0 Å². The van der Waals surface area contributed by atoms with Gasteiger partial charge in [-0.05, 0) is 173 Å². The second kappa shape index (κ2) is 22.3. The van der Waals surface area contributed by atoms with Gasteiger partial charge < -0.3 is 14.4 Å². The van der Waals surface area contributed by atoms with Crippen molar-refractivity contribution in [3.63, 3.8) is 0 Å². The predicted octanol–water partition coefficient (Wildman–Crippen LogP) is 9.13. The standard InChI is InChI=1S/C30H37I6NO4/c1-2-3-4-5-6-7-8-9-10-11-14-37(15-17-40-29(38)22-19-21(31)20-25(34)27(22)35)16-18-41-30(39)26-23(32)12-13-24(33)28(26)36/h12-13,19-20H,2-11,14-18H2,1H3/p+1. The zero-order valence-electron chi connectivity index (χ0n) is 23.3. The molecular formula is C30H38I6NO4+. The van der Waals surface area contributed by atoms with Crippen molar-refractivity contribution in [2.75, 3.05) is 32.8 Å². The molecule has 2 aromatic rings. The number of esters is 2. The average Bonchev–Trinajstić information content (AvgIpc) is 2.93. The number of hydrogen-bond acceptors (Lipinski definition) is 4. The van der Waals surface area contributed by atoms with E-state index in [4.69, 9.17) is 9.47 Å². The van der Waals surface area contributed by atoms with E-state index in [1.165, 1.54) is 62.7 Å². The van der Waals surface area contributed by atoms with Crippen LogP contribution in [0.15, 0.2) is 24.3 Å². The lowest BCUT2D eigenvalue weighted by Crippen LogP contribution is -3.13. The molecule has 228 valence electrons. The second-order valence-corrected chi connectivity index (χ2v) is 16.8. The van der Waals surface area contributed by atoms with Gasteiger partial charge in [0.2, 0.25) is 0 Å². The number of carbonyl (C=O) groups is 2. The average molecular weight is 1240 g/mol. The third-order valence-electron chi connectivity index (χ3n) is 6.72. The maximum atomic E-state index is 12.9. The summed E-state index contributed by atoms with van der Waals surface area (Å²) in [6, 6.07) is 7.90. The van der Waals surface area contributed by atoms with Gasteiger partial charge in [-0.25, -0.2) is 9.59 Å². The molecule has 1 atom stereocenters. The molecule has 0 aromatic heterocycles. The van der Waals surface area contributed by atoms with Gasteiger partial charge in [-0.1, -0.05) is 58.3 Å². The second-order valence-electron chi connectivity index (χ2n) is 9.92.